The number of fused-ring (bicyclic) bond motifs is 6. The van der Waals surface area contributed by atoms with Gasteiger partial charge in [-0.3, -0.25) is 0 Å². The highest BCUT2D eigenvalue weighted by molar-refractivity contribution is 6.23. The molecule has 1 heteroatoms. The lowest BCUT2D eigenvalue weighted by Crippen LogP contribution is -2.10. The lowest BCUT2D eigenvalue weighted by atomic mass is 9.77. The summed E-state index contributed by atoms with van der Waals surface area (Å²) < 4.78 is 0. The first-order chi connectivity index (χ1) is 25.5. The highest BCUT2D eigenvalue weighted by atomic mass is 15.1. The Kier molecular flexibility index (Phi) is 8.20. The lowest BCUT2D eigenvalue weighted by molar-refractivity contribution is 0.978. The molecule has 2 aliphatic rings. The van der Waals surface area contributed by atoms with Gasteiger partial charge in [-0.05, 0) is 155 Å². The van der Waals surface area contributed by atoms with Crippen molar-refractivity contribution in [3.63, 3.8) is 0 Å². The van der Waals surface area contributed by atoms with Crippen LogP contribution in [0.25, 0.3) is 55.4 Å². The Hall–Kier alpha value is -5.92. The van der Waals surface area contributed by atoms with E-state index in [2.05, 4.69) is 183 Å². The van der Waals surface area contributed by atoms with Crippen LogP contribution in [0.2, 0.25) is 0 Å². The van der Waals surface area contributed by atoms with E-state index >= 15 is 0 Å². The second-order valence-corrected chi connectivity index (χ2v) is 14.6. The number of hydrogen-bond donors (Lipinski definition) is 0. The van der Waals surface area contributed by atoms with E-state index in [1.807, 2.05) is 0 Å². The van der Waals surface area contributed by atoms with E-state index in [-0.39, 0.29) is 0 Å². The summed E-state index contributed by atoms with van der Waals surface area (Å²) in [6.07, 6.45) is 13.7. The van der Waals surface area contributed by atoms with Gasteiger partial charge in [-0.2, -0.15) is 0 Å². The molecule has 0 spiro atoms. The second-order valence-electron chi connectivity index (χ2n) is 14.6. The molecule has 9 rings (SSSR count). The predicted octanol–water partition coefficient (Wildman–Crippen LogP) is 14.5. The number of benzene rings is 7. The minimum Gasteiger partial charge on any atom is -0.310 e. The first-order valence-corrected chi connectivity index (χ1v) is 18.7. The van der Waals surface area contributed by atoms with Gasteiger partial charge in [0.25, 0.3) is 0 Å². The van der Waals surface area contributed by atoms with Crippen molar-refractivity contribution in [2.45, 2.75) is 46.5 Å². The number of para-hydroxylation sites is 2. The molecule has 52 heavy (non-hydrogen) atoms. The van der Waals surface area contributed by atoms with Crippen LogP contribution in [-0.4, -0.2) is 0 Å². The molecule has 0 atom stereocenters. The van der Waals surface area contributed by atoms with Gasteiger partial charge in [0, 0.05) is 17.1 Å². The van der Waals surface area contributed by atoms with E-state index in [1.165, 1.54) is 88.4 Å². The maximum atomic E-state index is 2.51. The van der Waals surface area contributed by atoms with Gasteiger partial charge < -0.3 is 4.90 Å². The number of hydrogen-bond acceptors (Lipinski definition) is 1. The van der Waals surface area contributed by atoms with Crippen molar-refractivity contribution in [2.75, 3.05) is 4.90 Å². The Bertz CT molecular complexity index is 2510. The number of rotatable bonds is 6. The second kappa shape index (κ2) is 13.3. The molecule has 0 aliphatic heterocycles. The standard InChI is InChI=1S/C51H43N/c1-34-18-24-37(25-19-34)46-33-47(38-26-20-35(2)21-27-38)50-44-17-11-10-16-43(44)48-32-42(52(40-12-6-4-7-13-40)41-14-8-5-9-15-41)30-31-45(48)51(50)49(46)39-28-22-36(3)23-29-39/h4-9,11-15,17-22,24-28,30-33H,10,16,23,29H2,1-3H3. The molecular formula is C51H43N. The molecule has 0 N–H and O–H groups in total. The number of anilines is 3. The molecule has 0 bridgehead atoms. The lowest BCUT2D eigenvalue weighted by Gasteiger charge is -2.29. The van der Waals surface area contributed by atoms with Gasteiger partial charge >= 0.3 is 0 Å². The first kappa shape index (κ1) is 32.0. The molecule has 0 amide bonds. The molecular weight excluding hydrogens is 627 g/mol. The minimum absolute atomic E-state index is 1.02. The van der Waals surface area contributed by atoms with Crippen LogP contribution in [0.1, 0.15) is 54.0 Å². The van der Waals surface area contributed by atoms with Gasteiger partial charge in [0.1, 0.15) is 0 Å². The van der Waals surface area contributed by atoms with Crippen molar-refractivity contribution in [2.24, 2.45) is 0 Å². The topological polar surface area (TPSA) is 3.24 Å². The monoisotopic (exact) mass is 669 g/mol. The summed E-state index contributed by atoms with van der Waals surface area (Å²) in [4.78, 5) is 2.40. The highest BCUT2D eigenvalue weighted by Gasteiger charge is 2.26. The third-order valence-electron chi connectivity index (χ3n) is 11.1. The smallest absolute Gasteiger partial charge is 0.0468 e. The van der Waals surface area contributed by atoms with E-state index in [1.54, 1.807) is 0 Å². The van der Waals surface area contributed by atoms with Gasteiger partial charge in [-0.15, -0.1) is 0 Å². The van der Waals surface area contributed by atoms with E-state index in [0.29, 0.717) is 0 Å². The molecule has 0 unspecified atom stereocenters. The Balaban J connectivity index is 1.44. The van der Waals surface area contributed by atoms with Crippen molar-refractivity contribution in [3.05, 3.63) is 185 Å². The molecule has 2 aliphatic carbocycles. The van der Waals surface area contributed by atoms with Crippen molar-refractivity contribution >= 4 is 50.3 Å². The van der Waals surface area contributed by atoms with Crippen molar-refractivity contribution in [1.29, 1.82) is 0 Å². The van der Waals surface area contributed by atoms with E-state index < -0.39 is 0 Å². The number of aryl methyl sites for hydroxylation is 3. The molecule has 0 radical (unpaired) electrons. The van der Waals surface area contributed by atoms with Crippen LogP contribution in [0.5, 0.6) is 0 Å². The molecule has 0 saturated carbocycles. The molecule has 1 nitrogen and oxygen atoms in total. The summed E-state index contributed by atoms with van der Waals surface area (Å²) in [5, 5.41) is 5.42. The van der Waals surface area contributed by atoms with Gasteiger partial charge in [0.15, 0.2) is 0 Å². The van der Waals surface area contributed by atoms with Crippen LogP contribution in [0, 0.1) is 13.8 Å². The van der Waals surface area contributed by atoms with Crippen LogP contribution in [-0.2, 0) is 6.42 Å². The Labute approximate surface area is 307 Å². The molecule has 0 saturated heterocycles. The fraction of sp³-hybridized carbons (Fsp3) is 0.137. The highest BCUT2D eigenvalue weighted by Crippen LogP contribution is 2.50. The van der Waals surface area contributed by atoms with Crippen LogP contribution < -0.4 is 4.90 Å². The molecule has 0 heterocycles. The third kappa shape index (κ3) is 5.67. The third-order valence-corrected chi connectivity index (χ3v) is 11.1. The first-order valence-electron chi connectivity index (χ1n) is 18.7. The minimum atomic E-state index is 1.02. The fourth-order valence-electron chi connectivity index (χ4n) is 8.36. The van der Waals surface area contributed by atoms with Crippen LogP contribution >= 0.6 is 0 Å². The molecule has 0 aromatic heterocycles. The van der Waals surface area contributed by atoms with Crippen LogP contribution in [0.3, 0.4) is 0 Å². The SMILES string of the molecule is CC1=CC=C(c2c(-c3ccc(C)cc3)cc(-c3ccc(C)cc3)c3c4c(c5cc(N(c6ccccc6)c6ccccc6)ccc5c23)CCC=C4)CC1. The van der Waals surface area contributed by atoms with E-state index in [4.69, 9.17) is 0 Å². The summed E-state index contributed by atoms with van der Waals surface area (Å²) in [6.45, 7) is 6.62. The summed E-state index contributed by atoms with van der Waals surface area (Å²) in [7, 11) is 0. The van der Waals surface area contributed by atoms with Crippen LogP contribution in [0.4, 0.5) is 17.1 Å². The zero-order valence-electron chi connectivity index (χ0n) is 30.3. The van der Waals surface area contributed by atoms with E-state index in [9.17, 15) is 0 Å². The van der Waals surface area contributed by atoms with Crippen molar-refractivity contribution in [3.8, 4) is 22.3 Å². The Morgan fingerprint density at radius 1 is 0.500 bits per heavy atom. The fourth-order valence-corrected chi connectivity index (χ4v) is 8.36. The largest absolute Gasteiger partial charge is 0.310 e. The maximum absolute atomic E-state index is 2.51. The molecule has 252 valence electrons. The quantitative estimate of drug-likeness (QED) is 0.159. The van der Waals surface area contributed by atoms with Crippen molar-refractivity contribution < 1.29 is 0 Å². The summed E-state index contributed by atoms with van der Waals surface area (Å²) in [5.74, 6) is 0. The summed E-state index contributed by atoms with van der Waals surface area (Å²) in [6, 6.07) is 49.6. The Morgan fingerprint density at radius 3 is 1.75 bits per heavy atom. The molecule has 0 fully saturated rings. The summed E-state index contributed by atoms with van der Waals surface area (Å²) >= 11 is 0. The van der Waals surface area contributed by atoms with Crippen LogP contribution in [0.15, 0.2) is 157 Å². The van der Waals surface area contributed by atoms with Crippen molar-refractivity contribution in [1.82, 2.24) is 0 Å². The van der Waals surface area contributed by atoms with Gasteiger partial charge in [-0.1, -0.05) is 132 Å². The Morgan fingerprint density at radius 2 is 1.13 bits per heavy atom. The predicted molar refractivity (Wildman–Crippen MR) is 225 cm³/mol. The average Bonchev–Trinajstić information content (AvgIpc) is 3.19. The van der Waals surface area contributed by atoms with E-state index in [0.717, 1.165) is 37.1 Å². The van der Waals surface area contributed by atoms with Gasteiger partial charge in [0.05, 0.1) is 0 Å². The number of nitrogens with zero attached hydrogens (tertiary/aromatic N) is 1. The molecule has 7 aromatic carbocycles. The zero-order chi connectivity index (χ0) is 35.2. The summed E-state index contributed by atoms with van der Waals surface area (Å²) in [5.41, 5.74) is 18.2. The zero-order valence-corrected chi connectivity index (χ0v) is 30.3. The maximum Gasteiger partial charge on any atom is 0.0468 e. The van der Waals surface area contributed by atoms with Gasteiger partial charge in [-0.25, -0.2) is 0 Å². The van der Waals surface area contributed by atoms with Gasteiger partial charge in [0.2, 0.25) is 0 Å². The number of allylic oxidation sites excluding steroid dienone is 5. The normalized spacial score (nSPS) is 13.9. The average molecular weight is 670 g/mol. The molecule has 7 aromatic rings.